The monoisotopic (exact) mass is 243 g/mol. The molecule has 18 heavy (non-hydrogen) atoms. The summed E-state index contributed by atoms with van der Waals surface area (Å²) in [5, 5.41) is 0. The van der Waals surface area contributed by atoms with Crippen molar-refractivity contribution in [1.82, 2.24) is 0 Å². The molecule has 0 heterocycles. The lowest BCUT2D eigenvalue weighted by atomic mass is 10.0. The van der Waals surface area contributed by atoms with Gasteiger partial charge in [-0.2, -0.15) is 0 Å². The predicted octanol–water partition coefficient (Wildman–Crippen LogP) is 2.34. The molecule has 2 rings (SSSR count). The summed E-state index contributed by atoms with van der Waals surface area (Å²) in [6, 6.07) is 12.1. The summed E-state index contributed by atoms with van der Waals surface area (Å²) in [7, 11) is 3.17. The van der Waals surface area contributed by atoms with Gasteiger partial charge in [0.15, 0.2) is 0 Å². The Kier molecular flexibility index (Phi) is 3.28. The predicted molar refractivity (Wildman–Crippen MR) is 72.6 cm³/mol. The van der Waals surface area contributed by atoms with Crippen molar-refractivity contribution in [3.05, 3.63) is 36.4 Å². The maximum Gasteiger partial charge on any atom is 0.140 e. The summed E-state index contributed by atoms with van der Waals surface area (Å²) < 4.78 is 10.6. The van der Waals surface area contributed by atoms with Crippen LogP contribution >= 0.6 is 0 Å². The van der Waals surface area contributed by atoms with Gasteiger partial charge in [0.05, 0.1) is 25.8 Å². The molecule has 0 aliphatic carbocycles. The van der Waals surface area contributed by atoms with Crippen LogP contribution in [0.4, 0.5) is 11.4 Å². The zero-order valence-electron chi connectivity index (χ0n) is 10.4. The third-order valence-corrected chi connectivity index (χ3v) is 2.64. The number of rotatable bonds is 3. The molecule has 0 saturated carbocycles. The third kappa shape index (κ3) is 2.18. The van der Waals surface area contributed by atoms with Gasteiger partial charge in [-0.15, -0.1) is 0 Å². The van der Waals surface area contributed by atoms with Gasteiger partial charge in [0, 0.05) is 17.4 Å². The number of methoxy groups -OCH3 is 2. The molecule has 0 aliphatic heterocycles. The third-order valence-electron chi connectivity index (χ3n) is 2.64. The van der Waals surface area contributed by atoms with Crippen LogP contribution in [0.2, 0.25) is 0 Å². The van der Waals surface area contributed by atoms with Crippen LogP contribution in [0.5, 0.6) is 11.5 Å². The summed E-state index contributed by atoms with van der Waals surface area (Å²) in [5.74, 6) is 1.20. The molecule has 0 spiro atoms. The van der Waals surface area contributed by atoms with E-state index >= 15 is 0 Å². The van der Waals surface area contributed by atoms with E-state index < -0.39 is 0 Å². The first-order valence-corrected chi connectivity index (χ1v) is 5.45. The Morgan fingerprint density at radius 1 is 1.00 bits per heavy atom. The second kappa shape index (κ2) is 4.87. The van der Waals surface area contributed by atoms with Crippen molar-refractivity contribution in [3.63, 3.8) is 0 Å². The van der Waals surface area contributed by atoms with E-state index in [1.807, 2.05) is 24.3 Å². The fourth-order valence-electron chi connectivity index (χ4n) is 1.79. The molecule has 2 aromatic rings. The molecule has 0 bridgehead atoms. The zero-order chi connectivity index (χ0) is 13.1. The van der Waals surface area contributed by atoms with Gasteiger partial charge in [-0.3, -0.25) is 0 Å². The molecule has 0 unspecified atom stereocenters. The Morgan fingerprint density at radius 2 is 1.67 bits per heavy atom. The minimum absolute atomic E-state index is 0.475. The van der Waals surface area contributed by atoms with Crippen LogP contribution in [0.3, 0.4) is 0 Å². The van der Waals surface area contributed by atoms with Crippen molar-refractivity contribution in [2.75, 3.05) is 25.7 Å². The largest absolute Gasteiger partial charge is 0.496 e. The highest BCUT2D eigenvalue weighted by Gasteiger charge is 2.14. The average molecular weight is 243 g/mol. The fraction of sp³-hybridized carbons (Fsp3) is 0.143. The van der Waals surface area contributed by atoms with E-state index in [1.165, 1.54) is 0 Å². The van der Waals surface area contributed by atoms with E-state index in [2.05, 4.69) is 6.07 Å². The first-order chi connectivity index (χ1) is 8.65. The zero-order valence-corrected chi connectivity index (χ0v) is 10.4. The molecular weight excluding hydrogens is 228 g/mol. The topological polar surface area (TPSA) is 70.5 Å². The summed E-state index contributed by atoms with van der Waals surface area (Å²) >= 11 is 0. The molecular formula is C14H15N2O2. The average Bonchev–Trinajstić information content (AvgIpc) is 2.39. The quantitative estimate of drug-likeness (QED) is 0.812. The van der Waals surface area contributed by atoms with Gasteiger partial charge in [0.25, 0.3) is 0 Å². The second-order valence-corrected chi connectivity index (χ2v) is 3.82. The number of anilines is 2. The molecule has 2 aromatic carbocycles. The standard InChI is InChI=1S/C14H15N2O2/c1-17-12-7-11(16)8-13(18-2)14(12)9-3-5-10(15)6-4-9/h3-7H,15-16H2,1-2H3. The lowest BCUT2D eigenvalue weighted by Gasteiger charge is -2.14. The van der Waals surface area contributed by atoms with Crippen LogP contribution in [-0.4, -0.2) is 14.2 Å². The highest BCUT2D eigenvalue weighted by Crippen LogP contribution is 2.40. The van der Waals surface area contributed by atoms with Gasteiger partial charge < -0.3 is 20.9 Å². The number of ether oxygens (including phenoxy) is 2. The molecule has 0 aliphatic rings. The van der Waals surface area contributed by atoms with E-state index in [1.54, 1.807) is 20.3 Å². The van der Waals surface area contributed by atoms with Gasteiger partial charge >= 0.3 is 0 Å². The highest BCUT2D eigenvalue weighted by atomic mass is 16.5. The highest BCUT2D eigenvalue weighted by molar-refractivity contribution is 5.79. The van der Waals surface area contributed by atoms with Crippen molar-refractivity contribution in [1.29, 1.82) is 0 Å². The molecule has 0 aromatic heterocycles. The molecule has 0 saturated heterocycles. The normalized spacial score (nSPS) is 10.1. The summed E-state index contributed by atoms with van der Waals surface area (Å²) in [4.78, 5) is 0. The first-order valence-electron chi connectivity index (χ1n) is 5.45. The van der Waals surface area contributed by atoms with Crippen LogP contribution < -0.4 is 20.9 Å². The van der Waals surface area contributed by atoms with Crippen LogP contribution in [0.1, 0.15) is 0 Å². The van der Waals surface area contributed by atoms with Crippen molar-refractivity contribution < 1.29 is 9.47 Å². The Balaban J connectivity index is 2.64. The van der Waals surface area contributed by atoms with Crippen molar-refractivity contribution in [2.24, 2.45) is 0 Å². The van der Waals surface area contributed by atoms with E-state index in [9.17, 15) is 0 Å². The van der Waals surface area contributed by atoms with E-state index in [0.717, 1.165) is 11.1 Å². The molecule has 4 heteroatoms. The van der Waals surface area contributed by atoms with Crippen LogP contribution in [-0.2, 0) is 0 Å². The molecule has 1 radical (unpaired) electrons. The van der Waals surface area contributed by atoms with Gasteiger partial charge in [-0.25, -0.2) is 0 Å². The summed E-state index contributed by atoms with van der Waals surface area (Å²) in [6.07, 6.45) is 0. The molecule has 0 atom stereocenters. The van der Waals surface area contributed by atoms with Gasteiger partial charge in [0.1, 0.15) is 11.5 Å². The second-order valence-electron chi connectivity index (χ2n) is 3.82. The van der Waals surface area contributed by atoms with Crippen molar-refractivity contribution in [2.45, 2.75) is 0 Å². The van der Waals surface area contributed by atoms with Crippen molar-refractivity contribution in [3.8, 4) is 22.6 Å². The smallest absolute Gasteiger partial charge is 0.140 e. The maximum atomic E-state index is 5.75. The molecule has 93 valence electrons. The first kappa shape index (κ1) is 12.1. The van der Waals surface area contributed by atoms with Gasteiger partial charge in [0.2, 0.25) is 0 Å². The van der Waals surface area contributed by atoms with Crippen molar-refractivity contribution >= 4 is 11.4 Å². The lowest BCUT2D eigenvalue weighted by molar-refractivity contribution is 0.397. The molecule has 4 nitrogen and oxygen atoms in total. The molecule has 0 amide bonds. The fourth-order valence-corrected chi connectivity index (χ4v) is 1.79. The Hall–Kier alpha value is -2.36. The van der Waals surface area contributed by atoms with E-state index in [0.29, 0.717) is 22.9 Å². The van der Waals surface area contributed by atoms with E-state index in [4.69, 9.17) is 20.9 Å². The van der Waals surface area contributed by atoms with Crippen LogP contribution in [0.25, 0.3) is 11.1 Å². The Labute approximate surface area is 106 Å². The van der Waals surface area contributed by atoms with Crippen LogP contribution in [0, 0.1) is 6.07 Å². The van der Waals surface area contributed by atoms with Crippen LogP contribution in [0.15, 0.2) is 30.3 Å². The van der Waals surface area contributed by atoms with E-state index in [-0.39, 0.29) is 0 Å². The van der Waals surface area contributed by atoms with Gasteiger partial charge in [-0.05, 0) is 17.7 Å². The Morgan fingerprint density at radius 3 is 2.22 bits per heavy atom. The minimum atomic E-state index is 0.475. The molecule has 4 N–H and O–H groups in total. The number of hydrogen-bond acceptors (Lipinski definition) is 4. The Bertz CT molecular complexity index is 525. The summed E-state index contributed by atoms with van der Waals surface area (Å²) in [5.41, 5.74) is 14.4. The SMILES string of the molecule is COc1[c]c(N)cc(OC)c1-c1ccc(N)cc1. The lowest BCUT2D eigenvalue weighted by Crippen LogP contribution is -1.96. The number of hydrogen-bond donors (Lipinski definition) is 2. The minimum Gasteiger partial charge on any atom is -0.496 e. The maximum absolute atomic E-state index is 5.75. The summed E-state index contributed by atoms with van der Waals surface area (Å²) in [6.45, 7) is 0. The molecule has 0 fully saturated rings. The number of nitrogen functional groups attached to an aromatic ring is 2. The number of benzene rings is 2. The van der Waals surface area contributed by atoms with Gasteiger partial charge in [-0.1, -0.05) is 12.1 Å². The number of nitrogens with two attached hydrogens (primary N) is 2.